The van der Waals surface area contributed by atoms with Crippen molar-refractivity contribution in [3.63, 3.8) is 0 Å². The van der Waals surface area contributed by atoms with E-state index in [1.807, 2.05) is 0 Å². The maximum Gasteiger partial charge on any atom is 0.321 e. The molecular weight excluding hydrogens is 262 g/mol. The van der Waals surface area contributed by atoms with Crippen LogP contribution in [-0.2, 0) is 6.42 Å². The summed E-state index contributed by atoms with van der Waals surface area (Å²) in [5, 5.41) is 21.9. The highest BCUT2D eigenvalue weighted by atomic mass is 16.6. The van der Waals surface area contributed by atoms with Crippen molar-refractivity contribution in [2.24, 2.45) is 0 Å². The number of aromatic nitrogens is 1. The van der Waals surface area contributed by atoms with Gasteiger partial charge in [-0.2, -0.15) is 0 Å². The zero-order valence-electron chi connectivity index (χ0n) is 10.5. The minimum atomic E-state index is -0.597. The van der Waals surface area contributed by atoms with Gasteiger partial charge >= 0.3 is 5.82 Å². The fourth-order valence-corrected chi connectivity index (χ4v) is 1.70. The fraction of sp³-hybridized carbons (Fsp3) is 0.154. The van der Waals surface area contributed by atoms with Gasteiger partial charge in [0.05, 0.1) is 0 Å². The molecule has 0 aliphatic carbocycles. The van der Waals surface area contributed by atoms with Gasteiger partial charge in [-0.05, 0) is 35.1 Å². The number of benzene rings is 1. The van der Waals surface area contributed by atoms with Gasteiger partial charge in [0.1, 0.15) is 0 Å². The first kappa shape index (κ1) is 13.8. The Labute approximate surface area is 114 Å². The molecule has 7 heteroatoms. The third kappa shape index (κ3) is 3.21. The van der Waals surface area contributed by atoms with Gasteiger partial charge in [-0.3, -0.25) is 4.79 Å². The van der Waals surface area contributed by atoms with Crippen molar-refractivity contribution >= 4 is 17.4 Å². The first-order chi connectivity index (χ1) is 9.60. The average molecular weight is 275 g/mol. The van der Waals surface area contributed by atoms with E-state index in [0.29, 0.717) is 12.1 Å². The van der Waals surface area contributed by atoms with E-state index in [4.69, 9.17) is 5.11 Å². The number of aliphatic hydroxyl groups is 1. The summed E-state index contributed by atoms with van der Waals surface area (Å²) in [6.45, 7) is 0.0673. The Morgan fingerprint density at radius 3 is 2.50 bits per heavy atom. The quantitative estimate of drug-likeness (QED) is 0.570. The number of carbonyl (C=O) groups excluding carboxylic acids is 1. The second kappa shape index (κ2) is 5.98. The van der Waals surface area contributed by atoms with Gasteiger partial charge < -0.3 is 20.5 Å². The molecule has 0 aliphatic rings. The average Bonchev–Trinajstić information content (AvgIpc) is 2.91. The molecule has 104 valence electrons. The summed E-state index contributed by atoms with van der Waals surface area (Å²) in [5.41, 5.74) is 1.66. The Kier molecular flexibility index (Phi) is 4.11. The molecule has 2 aromatic rings. The van der Waals surface area contributed by atoms with Crippen LogP contribution in [0.2, 0.25) is 0 Å². The van der Waals surface area contributed by atoms with Crippen LogP contribution in [0, 0.1) is 10.1 Å². The lowest BCUT2D eigenvalue weighted by molar-refractivity contribution is -0.389. The van der Waals surface area contributed by atoms with Crippen LogP contribution in [-0.4, -0.2) is 27.5 Å². The second-order valence-corrected chi connectivity index (χ2v) is 4.14. The lowest BCUT2D eigenvalue weighted by Crippen LogP contribution is -2.12. The SMILES string of the molecule is O=C(Nc1ccc(CCO)cc1)c1ccc([N+](=O)[O-])[nH]1. The van der Waals surface area contributed by atoms with E-state index in [0.717, 1.165) is 5.56 Å². The molecule has 1 aromatic heterocycles. The van der Waals surface area contributed by atoms with Crippen LogP contribution in [0.15, 0.2) is 36.4 Å². The van der Waals surface area contributed by atoms with Gasteiger partial charge in [0.2, 0.25) is 0 Å². The molecule has 1 amide bonds. The van der Waals surface area contributed by atoms with Gasteiger partial charge in [-0.25, -0.2) is 4.98 Å². The van der Waals surface area contributed by atoms with Gasteiger partial charge in [0.15, 0.2) is 5.69 Å². The zero-order valence-corrected chi connectivity index (χ0v) is 10.5. The molecule has 0 saturated carbocycles. The largest absolute Gasteiger partial charge is 0.396 e. The normalized spacial score (nSPS) is 10.2. The second-order valence-electron chi connectivity index (χ2n) is 4.14. The van der Waals surface area contributed by atoms with E-state index in [9.17, 15) is 14.9 Å². The molecule has 1 aromatic carbocycles. The highest BCUT2D eigenvalue weighted by Gasteiger charge is 2.15. The number of amides is 1. The molecule has 0 fully saturated rings. The van der Waals surface area contributed by atoms with Gasteiger partial charge in [0, 0.05) is 18.4 Å². The predicted molar refractivity (Wildman–Crippen MR) is 72.6 cm³/mol. The molecule has 0 bridgehead atoms. The smallest absolute Gasteiger partial charge is 0.321 e. The first-order valence-electron chi connectivity index (χ1n) is 5.94. The minimum Gasteiger partial charge on any atom is -0.396 e. The molecule has 7 nitrogen and oxygen atoms in total. The number of H-pyrrole nitrogens is 1. The van der Waals surface area contributed by atoms with E-state index < -0.39 is 10.8 Å². The lowest BCUT2D eigenvalue weighted by Gasteiger charge is -2.04. The number of anilines is 1. The summed E-state index contributed by atoms with van der Waals surface area (Å²) >= 11 is 0. The fourth-order valence-electron chi connectivity index (χ4n) is 1.70. The van der Waals surface area contributed by atoms with E-state index in [1.54, 1.807) is 24.3 Å². The molecule has 20 heavy (non-hydrogen) atoms. The van der Waals surface area contributed by atoms with Crippen molar-refractivity contribution in [2.45, 2.75) is 6.42 Å². The maximum atomic E-state index is 11.9. The Balaban J connectivity index is 2.04. The van der Waals surface area contributed by atoms with E-state index in [2.05, 4.69) is 10.3 Å². The Morgan fingerprint density at radius 2 is 1.95 bits per heavy atom. The summed E-state index contributed by atoms with van der Waals surface area (Å²) in [6, 6.07) is 9.60. The van der Waals surface area contributed by atoms with Crippen LogP contribution >= 0.6 is 0 Å². The Morgan fingerprint density at radius 1 is 1.25 bits per heavy atom. The number of carbonyl (C=O) groups is 1. The van der Waals surface area contributed by atoms with Crippen molar-refractivity contribution in [1.29, 1.82) is 0 Å². The number of hydrogen-bond donors (Lipinski definition) is 3. The Hall–Kier alpha value is -2.67. The molecule has 3 N–H and O–H groups in total. The van der Waals surface area contributed by atoms with Crippen LogP contribution in [0.25, 0.3) is 0 Å². The van der Waals surface area contributed by atoms with Gasteiger partial charge in [-0.1, -0.05) is 12.1 Å². The minimum absolute atomic E-state index is 0.0673. The third-order valence-corrected chi connectivity index (χ3v) is 2.72. The Bertz CT molecular complexity index is 619. The van der Waals surface area contributed by atoms with Crippen molar-refractivity contribution in [2.75, 3.05) is 11.9 Å². The third-order valence-electron chi connectivity index (χ3n) is 2.72. The molecule has 0 atom stereocenters. The number of hydrogen-bond acceptors (Lipinski definition) is 4. The van der Waals surface area contributed by atoms with Crippen molar-refractivity contribution in [3.8, 4) is 0 Å². The summed E-state index contributed by atoms with van der Waals surface area (Å²) in [6.07, 6.45) is 0.553. The van der Waals surface area contributed by atoms with Crippen LogP contribution < -0.4 is 5.32 Å². The van der Waals surface area contributed by atoms with Crippen LogP contribution in [0.4, 0.5) is 11.5 Å². The molecule has 0 saturated heterocycles. The summed E-state index contributed by atoms with van der Waals surface area (Å²) in [4.78, 5) is 24.2. The molecule has 2 rings (SSSR count). The lowest BCUT2D eigenvalue weighted by atomic mass is 10.1. The summed E-state index contributed by atoms with van der Waals surface area (Å²) < 4.78 is 0. The molecule has 0 aliphatic heterocycles. The first-order valence-corrected chi connectivity index (χ1v) is 5.94. The molecule has 0 spiro atoms. The van der Waals surface area contributed by atoms with Gasteiger partial charge in [0.25, 0.3) is 5.91 Å². The number of nitrogens with one attached hydrogen (secondary N) is 2. The summed E-state index contributed by atoms with van der Waals surface area (Å²) in [7, 11) is 0. The zero-order chi connectivity index (χ0) is 14.5. The highest BCUT2D eigenvalue weighted by molar-refractivity contribution is 6.03. The van der Waals surface area contributed by atoms with E-state index in [-0.39, 0.29) is 18.1 Å². The van der Waals surface area contributed by atoms with Gasteiger partial charge in [-0.15, -0.1) is 0 Å². The maximum absolute atomic E-state index is 11.9. The standard InChI is InChI=1S/C13H13N3O4/c17-8-7-9-1-3-10(4-2-9)14-13(18)11-5-6-12(15-11)16(19)20/h1-6,15,17H,7-8H2,(H,14,18). The molecule has 0 unspecified atom stereocenters. The monoisotopic (exact) mass is 275 g/mol. The topological polar surface area (TPSA) is 108 Å². The van der Waals surface area contributed by atoms with E-state index in [1.165, 1.54) is 12.1 Å². The van der Waals surface area contributed by atoms with Crippen molar-refractivity contribution < 1.29 is 14.8 Å². The number of aliphatic hydroxyl groups excluding tert-OH is 1. The number of nitrogens with zero attached hydrogens (tertiary/aromatic N) is 1. The summed E-state index contributed by atoms with van der Waals surface area (Å²) in [5.74, 6) is -0.679. The van der Waals surface area contributed by atoms with Crippen molar-refractivity contribution in [3.05, 3.63) is 57.8 Å². The van der Waals surface area contributed by atoms with Crippen LogP contribution in [0.1, 0.15) is 16.1 Å². The number of nitro groups is 1. The van der Waals surface area contributed by atoms with Crippen LogP contribution in [0.3, 0.4) is 0 Å². The number of aromatic amines is 1. The van der Waals surface area contributed by atoms with Crippen LogP contribution in [0.5, 0.6) is 0 Å². The molecule has 0 radical (unpaired) electrons. The molecular formula is C13H13N3O4. The predicted octanol–water partition coefficient (Wildman–Crippen LogP) is 1.71. The number of rotatable bonds is 5. The molecule has 1 heterocycles. The highest BCUT2D eigenvalue weighted by Crippen LogP contribution is 2.14. The van der Waals surface area contributed by atoms with E-state index >= 15 is 0 Å². The van der Waals surface area contributed by atoms with Crippen molar-refractivity contribution in [1.82, 2.24) is 4.98 Å².